The molecule has 0 radical (unpaired) electrons. The fourth-order valence-corrected chi connectivity index (χ4v) is 6.67. The number of nitrogens with zero attached hydrogens (tertiary/aromatic N) is 3. The van der Waals surface area contributed by atoms with Gasteiger partial charge in [-0.25, -0.2) is 0 Å². The van der Waals surface area contributed by atoms with Crippen LogP contribution in [0.15, 0.2) is 60.7 Å². The van der Waals surface area contributed by atoms with Gasteiger partial charge in [0.25, 0.3) is 5.91 Å². The van der Waals surface area contributed by atoms with E-state index in [0.29, 0.717) is 13.1 Å². The average Bonchev–Trinajstić information content (AvgIpc) is 3.22. The van der Waals surface area contributed by atoms with Crippen molar-refractivity contribution in [3.05, 3.63) is 82.9 Å². The molecule has 6 heteroatoms. The molecule has 6 nitrogen and oxygen atoms in total. The van der Waals surface area contributed by atoms with Crippen LogP contribution in [0.2, 0.25) is 0 Å². The molecule has 1 spiro atoms. The number of anilines is 2. The zero-order chi connectivity index (χ0) is 28.3. The molecule has 0 unspecified atom stereocenters. The van der Waals surface area contributed by atoms with Crippen molar-refractivity contribution < 1.29 is 9.53 Å². The second-order valence-electron chi connectivity index (χ2n) is 10.7. The maximum atomic E-state index is 14.2. The quantitative estimate of drug-likeness (QED) is 0.258. The zero-order valence-corrected chi connectivity index (χ0v) is 24.6. The molecule has 3 aromatic rings. The first-order valence-electron chi connectivity index (χ1n) is 15.1. The average molecular weight is 541 g/mol. The molecule has 0 aromatic heterocycles. The molecule has 5 rings (SSSR count). The van der Waals surface area contributed by atoms with Gasteiger partial charge in [0.15, 0.2) is 0 Å². The molecule has 40 heavy (non-hydrogen) atoms. The lowest BCUT2D eigenvalue weighted by atomic mass is 9.74. The van der Waals surface area contributed by atoms with Crippen molar-refractivity contribution in [1.29, 1.82) is 0 Å². The molecule has 0 saturated heterocycles. The van der Waals surface area contributed by atoms with Crippen LogP contribution < -0.4 is 20.3 Å². The van der Waals surface area contributed by atoms with Crippen molar-refractivity contribution in [2.24, 2.45) is 5.73 Å². The molecule has 0 aliphatic carbocycles. The molecule has 3 aromatic carbocycles. The fourth-order valence-electron chi connectivity index (χ4n) is 6.67. The fraction of sp³-hybridized carbons (Fsp3) is 0.441. The monoisotopic (exact) mass is 540 g/mol. The van der Waals surface area contributed by atoms with Crippen LogP contribution in [0, 0.1) is 0 Å². The summed E-state index contributed by atoms with van der Waals surface area (Å²) in [7, 11) is 0. The standard InChI is InChI=1S/C34H44N4O2/c1-5-36(6-2)25-17-19-29-31(23-25)40-32-24-26(37(7-3)8-4)18-20-30(32)34(29)28-16-12-11-15-27(28)33(39)38(34)22-14-10-9-13-21-35/h11-12,15-20,23-24H,5-10,13-14,21-22,35H2,1-4H3. The number of carbonyl (C=O) groups excluding carboxylic acids is 1. The smallest absolute Gasteiger partial charge is 0.255 e. The van der Waals surface area contributed by atoms with E-state index in [4.69, 9.17) is 10.5 Å². The minimum absolute atomic E-state index is 0.0915. The third kappa shape index (κ3) is 4.52. The SMILES string of the molecule is CCN(CC)c1ccc2c(c1)Oc1cc(N(CC)CC)ccc1C21c2ccccc2C(=O)N1CCCCCCN. The molecule has 2 N–H and O–H groups in total. The summed E-state index contributed by atoms with van der Waals surface area (Å²) in [5.41, 5.74) is 11.2. The third-order valence-electron chi connectivity index (χ3n) is 8.72. The van der Waals surface area contributed by atoms with Crippen molar-refractivity contribution in [2.75, 3.05) is 49.1 Å². The summed E-state index contributed by atoms with van der Waals surface area (Å²) >= 11 is 0. The summed E-state index contributed by atoms with van der Waals surface area (Å²) < 4.78 is 6.77. The summed E-state index contributed by atoms with van der Waals surface area (Å²) in [5.74, 6) is 1.74. The first kappa shape index (κ1) is 28.0. The lowest BCUT2D eigenvalue weighted by Gasteiger charge is -2.45. The van der Waals surface area contributed by atoms with Gasteiger partial charge in [-0.2, -0.15) is 0 Å². The van der Waals surface area contributed by atoms with E-state index >= 15 is 0 Å². The Morgan fingerprint density at radius 3 is 1.82 bits per heavy atom. The van der Waals surface area contributed by atoms with E-state index < -0.39 is 5.54 Å². The van der Waals surface area contributed by atoms with Gasteiger partial charge in [-0.3, -0.25) is 4.79 Å². The Kier molecular flexibility index (Phi) is 8.36. The lowest BCUT2D eigenvalue weighted by Crippen LogP contribution is -2.47. The Balaban J connectivity index is 1.73. The topological polar surface area (TPSA) is 62.0 Å². The van der Waals surface area contributed by atoms with Gasteiger partial charge in [-0.05, 0) is 70.8 Å². The van der Waals surface area contributed by atoms with Crippen molar-refractivity contribution >= 4 is 17.3 Å². The highest BCUT2D eigenvalue weighted by atomic mass is 16.5. The molecule has 0 atom stereocenters. The third-order valence-corrected chi connectivity index (χ3v) is 8.72. The molecule has 2 aliphatic rings. The maximum absolute atomic E-state index is 14.2. The number of ether oxygens (including phenoxy) is 1. The van der Waals surface area contributed by atoms with Crippen LogP contribution in [0.3, 0.4) is 0 Å². The van der Waals surface area contributed by atoms with E-state index in [9.17, 15) is 4.79 Å². The first-order valence-corrected chi connectivity index (χ1v) is 15.1. The summed E-state index contributed by atoms with van der Waals surface area (Å²) in [6.45, 7) is 13.7. The van der Waals surface area contributed by atoms with Gasteiger partial charge in [0, 0.05) is 72.9 Å². The Bertz CT molecular complexity index is 1280. The van der Waals surface area contributed by atoms with Gasteiger partial charge in [-0.1, -0.05) is 43.2 Å². The number of hydrogen-bond acceptors (Lipinski definition) is 5. The van der Waals surface area contributed by atoms with Crippen molar-refractivity contribution in [1.82, 2.24) is 4.90 Å². The van der Waals surface area contributed by atoms with E-state index in [2.05, 4.69) is 90.9 Å². The summed E-state index contributed by atoms with van der Waals surface area (Å²) in [4.78, 5) is 21.0. The second-order valence-corrected chi connectivity index (χ2v) is 10.7. The van der Waals surface area contributed by atoms with E-state index in [0.717, 1.165) is 97.0 Å². The lowest BCUT2D eigenvalue weighted by molar-refractivity contribution is 0.0661. The van der Waals surface area contributed by atoms with Crippen LogP contribution in [0.25, 0.3) is 0 Å². The number of fused-ring (bicyclic) bond motifs is 6. The normalized spacial score (nSPS) is 14.5. The van der Waals surface area contributed by atoms with Crippen molar-refractivity contribution in [3.63, 3.8) is 0 Å². The second kappa shape index (κ2) is 11.9. The Hall–Kier alpha value is -3.51. The molecule has 2 aliphatic heterocycles. The number of benzene rings is 3. The van der Waals surface area contributed by atoms with Gasteiger partial charge in [0.05, 0.1) is 0 Å². The van der Waals surface area contributed by atoms with E-state index in [1.54, 1.807) is 0 Å². The summed E-state index contributed by atoms with van der Waals surface area (Å²) in [6.07, 6.45) is 4.07. The number of rotatable bonds is 12. The summed E-state index contributed by atoms with van der Waals surface area (Å²) in [5, 5.41) is 0. The van der Waals surface area contributed by atoms with Gasteiger partial charge < -0.3 is 25.2 Å². The molecular weight excluding hydrogens is 496 g/mol. The van der Waals surface area contributed by atoms with Crippen LogP contribution in [0.1, 0.15) is 80.4 Å². The number of amides is 1. The highest BCUT2D eigenvalue weighted by Gasteiger charge is 2.56. The highest BCUT2D eigenvalue weighted by molar-refractivity contribution is 6.02. The molecule has 1 amide bonds. The van der Waals surface area contributed by atoms with E-state index in [-0.39, 0.29) is 5.91 Å². The Morgan fingerprint density at radius 2 is 1.27 bits per heavy atom. The molecule has 2 heterocycles. The van der Waals surface area contributed by atoms with Gasteiger partial charge >= 0.3 is 0 Å². The van der Waals surface area contributed by atoms with Crippen LogP contribution in [0.4, 0.5) is 11.4 Å². The van der Waals surface area contributed by atoms with Crippen LogP contribution in [0.5, 0.6) is 11.5 Å². The highest BCUT2D eigenvalue weighted by Crippen LogP contribution is 2.58. The molecule has 0 fully saturated rings. The molecule has 0 saturated carbocycles. The number of unbranched alkanes of at least 4 members (excludes halogenated alkanes) is 3. The maximum Gasteiger partial charge on any atom is 0.255 e. The summed E-state index contributed by atoms with van der Waals surface area (Å²) in [6, 6.07) is 21.3. The van der Waals surface area contributed by atoms with Crippen LogP contribution >= 0.6 is 0 Å². The molecule has 212 valence electrons. The number of nitrogens with two attached hydrogens (primary N) is 1. The number of carbonyl (C=O) groups is 1. The zero-order valence-electron chi connectivity index (χ0n) is 24.6. The van der Waals surface area contributed by atoms with Gasteiger partial charge in [0.1, 0.15) is 17.0 Å². The Labute approximate surface area is 239 Å². The van der Waals surface area contributed by atoms with Crippen molar-refractivity contribution in [3.8, 4) is 11.5 Å². The van der Waals surface area contributed by atoms with Gasteiger partial charge in [0.2, 0.25) is 0 Å². The van der Waals surface area contributed by atoms with Crippen LogP contribution in [-0.4, -0.2) is 50.1 Å². The molecular formula is C34H44N4O2. The predicted octanol–water partition coefficient (Wildman–Crippen LogP) is 6.75. The van der Waals surface area contributed by atoms with E-state index in [1.165, 1.54) is 0 Å². The minimum atomic E-state index is -0.742. The van der Waals surface area contributed by atoms with Crippen LogP contribution in [-0.2, 0) is 5.54 Å². The molecule has 0 bridgehead atoms. The minimum Gasteiger partial charge on any atom is -0.456 e. The Morgan fingerprint density at radius 1 is 0.725 bits per heavy atom. The predicted molar refractivity (Wildman–Crippen MR) is 165 cm³/mol. The first-order chi connectivity index (χ1) is 19.5. The van der Waals surface area contributed by atoms with E-state index in [1.807, 2.05) is 12.1 Å². The van der Waals surface area contributed by atoms with Crippen molar-refractivity contribution in [2.45, 2.75) is 58.9 Å². The largest absolute Gasteiger partial charge is 0.456 e. The number of hydrogen-bond donors (Lipinski definition) is 1. The van der Waals surface area contributed by atoms with Gasteiger partial charge in [-0.15, -0.1) is 0 Å².